The van der Waals surface area contributed by atoms with Crippen LogP contribution < -0.4 is 15.4 Å². The van der Waals surface area contributed by atoms with Crippen LogP contribution in [0.25, 0.3) is 0 Å². The van der Waals surface area contributed by atoms with Crippen LogP contribution in [0.2, 0.25) is 0 Å². The molecule has 0 heterocycles. The van der Waals surface area contributed by atoms with Crippen LogP contribution in [-0.2, 0) is 19.2 Å². The second kappa shape index (κ2) is 14.0. The number of rotatable bonds is 7. The maximum Gasteiger partial charge on any atom is 0.307 e. The molecule has 2 saturated carbocycles. The summed E-state index contributed by atoms with van der Waals surface area (Å²) < 4.78 is 5.88. The van der Waals surface area contributed by atoms with Crippen molar-refractivity contribution in [1.82, 2.24) is 0 Å². The van der Waals surface area contributed by atoms with Crippen LogP contribution >= 0.6 is 0 Å². The van der Waals surface area contributed by atoms with E-state index in [2.05, 4.69) is 10.6 Å². The summed E-state index contributed by atoms with van der Waals surface area (Å²) in [5.41, 5.74) is 1.36. The van der Waals surface area contributed by atoms with E-state index in [1.807, 2.05) is 12.1 Å². The van der Waals surface area contributed by atoms with Crippen molar-refractivity contribution >= 4 is 35.6 Å². The summed E-state index contributed by atoms with van der Waals surface area (Å²) >= 11 is 0. The van der Waals surface area contributed by atoms with Crippen molar-refractivity contribution in [2.24, 2.45) is 17.8 Å². The first-order chi connectivity index (χ1) is 17.9. The molecule has 2 aromatic rings. The quantitative estimate of drug-likeness (QED) is 0.359. The average molecular weight is 511 g/mol. The van der Waals surface area contributed by atoms with Crippen molar-refractivity contribution in [3.8, 4) is 11.5 Å². The molecule has 4 N–H and O–H groups in total. The SMILES string of the molecule is O=C(Nc1ccc(Oc2ccc(NC(=O)[C@H]3CCCC[C@H]3C(=O)O)cc2)cc1)C1CCCCC1.O=CO. The number of amides is 2. The van der Waals surface area contributed by atoms with E-state index >= 15 is 0 Å². The van der Waals surface area contributed by atoms with Gasteiger partial charge in [-0.05, 0) is 74.2 Å². The second-order valence-corrected chi connectivity index (χ2v) is 9.41. The molecule has 0 aliphatic heterocycles. The Labute approximate surface area is 216 Å². The van der Waals surface area contributed by atoms with Crippen LogP contribution in [0.1, 0.15) is 57.8 Å². The molecule has 4 rings (SSSR count). The highest BCUT2D eigenvalue weighted by molar-refractivity contribution is 5.95. The topological polar surface area (TPSA) is 142 Å². The number of carbonyl (C=O) groups is 4. The molecule has 0 radical (unpaired) electrons. The Morgan fingerprint density at radius 1 is 0.703 bits per heavy atom. The number of ether oxygens (including phenoxy) is 1. The number of aliphatic carboxylic acids is 1. The lowest BCUT2D eigenvalue weighted by molar-refractivity contribution is -0.147. The molecule has 2 fully saturated rings. The Hall–Kier alpha value is -3.88. The standard InChI is InChI=1S/C27H32N2O5.CH2O2/c30-25(18-6-2-1-3-7-18)28-19-10-14-21(15-11-19)34-22-16-12-20(13-17-22)29-26(31)23-8-4-5-9-24(23)27(32)33;2-1-3/h10-18,23-24H,1-9H2,(H,28,30)(H,29,31)(H,32,33);1H,(H,2,3)/t23-,24+;/m0./s1. The third-order valence-electron chi connectivity index (χ3n) is 6.88. The van der Waals surface area contributed by atoms with E-state index < -0.39 is 17.8 Å². The number of nitrogens with one attached hydrogen (secondary N) is 2. The molecule has 2 atom stereocenters. The molecule has 0 spiro atoms. The fraction of sp³-hybridized carbons (Fsp3) is 0.429. The fourth-order valence-corrected chi connectivity index (χ4v) is 4.93. The number of benzene rings is 2. The monoisotopic (exact) mass is 510 g/mol. The Morgan fingerprint density at radius 3 is 1.62 bits per heavy atom. The van der Waals surface area contributed by atoms with Gasteiger partial charge in [-0.2, -0.15) is 0 Å². The van der Waals surface area contributed by atoms with Crippen LogP contribution in [0.3, 0.4) is 0 Å². The molecule has 0 unspecified atom stereocenters. The Kier molecular flexibility index (Phi) is 10.5. The zero-order valence-corrected chi connectivity index (χ0v) is 20.7. The van der Waals surface area contributed by atoms with Crippen molar-refractivity contribution in [1.29, 1.82) is 0 Å². The number of carbonyl (C=O) groups excluding carboxylic acids is 2. The normalized spacial score (nSPS) is 19.5. The van der Waals surface area contributed by atoms with Gasteiger partial charge in [-0.25, -0.2) is 0 Å². The number of anilines is 2. The number of carboxylic acid groups (broad SMARTS) is 2. The minimum Gasteiger partial charge on any atom is -0.483 e. The van der Waals surface area contributed by atoms with Gasteiger partial charge in [0.2, 0.25) is 11.8 Å². The molecule has 0 saturated heterocycles. The van der Waals surface area contributed by atoms with Crippen LogP contribution in [0.15, 0.2) is 48.5 Å². The van der Waals surface area contributed by atoms with Gasteiger partial charge in [-0.1, -0.05) is 32.1 Å². The maximum atomic E-state index is 12.6. The van der Waals surface area contributed by atoms with Gasteiger partial charge in [0.1, 0.15) is 11.5 Å². The molecule has 2 aromatic carbocycles. The highest BCUT2D eigenvalue weighted by Gasteiger charge is 2.35. The van der Waals surface area contributed by atoms with E-state index in [0.29, 0.717) is 30.0 Å². The van der Waals surface area contributed by atoms with Crippen molar-refractivity contribution in [3.63, 3.8) is 0 Å². The Morgan fingerprint density at radius 2 is 1.14 bits per heavy atom. The lowest BCUT2D eigenvalue weighted by atomic mass is 9.78. The molecule has 0 aromatic heterocycles. The molecule has 2 aliphatic rings. The van der Waals surface area contributed by atoms with E-state index in [1.54, 1.807) is 36.4 Å². The minimum absolute atomic E-state index is 0.0916. The predicted molar refractivity (Wildman–Crippen MR) is 139 cm³/mol. The van der Waals surface area contributed by atoms with Gasteiger partial charge >= 0.3 is 5.97 Å². The van der Waals surface area contributed by atoms with Gasteiger partial charge in [0.25, 0.3) is 6.47 Å². The zero-order valence-electron chi connectivity index (χ0n) is 20.7. The molecule has 9 nitrogen and oxygen atoms in total. The molecule has 0 bridgehead atoms. The molecule has 2 aliphatic carbocycles. The molecule has 37 heavy (non-hydrogen) atoms. The number of carboxylic acids is 1. The Bertz CT molecular complexity index is 1050. The third-order valence-corrected chi connectivity index (χ3v) is 6.88. The summed E-state index contributed by atoms with van der Waals surface area (Å²) in [4.78, 5) is 44.9. The van der Waals surface area contributed by atoms with Gasteiger partial charge in [-0.3, -0.25) is 19.2 Å². The van der Waals surface area contributed by atoms with E-state index in [4.69, 9.17) is 14.6 Å². The van der Waals surface area contributed by atoms with Gasteiger partial charge < -0.3 is 25.6 Å². The van der Waals surface area contributed by atoms with Gasteiger partial charge in [0, 0.05) is 17.3 Å². The largest absolute Gasteiger partial charge is 0.483 e. The molecule has 9 heteroatoms. The summed E-state index contributed by atoms with van der Waals surface area (Å²) in [6.45, 7) is -0.250. The minimum atomic E-state index is -0.900. The predicted octanol–water partition coefficient (Wildman–Crippen LogP) is 5.53. The summed E-state index contributed by atoms with van der Waals surface area (Å²) in [7, 11) is 0. The zero-order chi connectivity index (χ0) is 26.6. The number of hydrogen-bond donors (Lipinski definition) is 4. The Balaban J connectivity index is 0.00000121. The lowest BCUT2D eigenvalue weighted by Crippen LogP contribution is -2.36. The first-order valence-corrected chi connectivity index (χ1v) is 12.7. The highest BCUT2D eigenvalue weighted by Crippen LogP contribution is 2.32. The van der Waals surface area contributed by atoms with Crippen LogP contribution in [0, 0.1) is 17.8 Å². The van der Waals surface area contributed by atoms with Crippen molar-refractivity contribution in [2.45, 2.75) is 57.8 Å². The van der Waals surface area contributed by atoms with Gasteiger partial charge in [0.15, 0.2) is 0 Å². The first kappa shape index (κ1) is 27.7. The van der Waals surface area contributed by atoms with Crippen LogP contribution in [0.5, 0.6) is 11.5 Å². The molecular weight excluding hydrogens is 476 g/mol. The van der Waals surface area contributed by atoms with Gasteiger partial charge in [-0.15, -0.1) is 0 Å². The van der Waals surface area contributed by atoms with Gasteiger partial charge in [0.05, 0.1) is 11.8 Å². The van der Waals surface area contributed by atoms with Crippen molar-refractivity contribution in [3.05, 3.63) is 48.5 Å². The number of hydrogen-bond acceptors (Lipinski definition) is 5. The maximum absolute atomic E-state index is 12.6. The van der Waals surface area contributed by atoms with Crippen molar-refractivity contribution in [2.75, 3.05) is 10.6 Å². The lowest BCUT2D eigenvalue weighted by Gasteiger charge is -2.27. The molecular formula is C28H34N2O7. The third kappa shape index (κ3) is 8.34. The first-order valence-electron chi connectivity index (χ1n) is 12.7. The summed E-state index contributed by atoms with van der Waals surface area (Å²) in [5, 5.41) is 22.1. The summed E-state index contributed by atoms with van der Waals surface area (Å²) in [6.07, 6.45) is 8.25. The molecule has 198 valence electrons. The molecule has 2 amide bonds. The summed E-state index contributed by atoms with van der Waals surface area (Å²) in [5.74, 6) is -0.816. The van der Waals surface area contributed by atoms with E-state index in [-0.39, 0.29) is 24.2 Å². The fourth-order valence-electron chi connectivity index (χ4n) is 4.93. The van der Waals surface area contributed by atoms with E-state index in [9.17, 15) is 19.5 Å². The highest BCUT2D eigenvalue weighted by atomic mass is 16.5. The van der Waals surface area contributed by atoms with E-state index in [1.165, 1.54) is 6.42 Å². The smallest absolute Gasteiger partial charge is 0.307 e. The second-order valence-electron chi connectivity index (χ2n) is 9.41. The van der Waals surface area contributed by atoms with Crippen LogP contribution in [-0.4, -0.2) is 34.5 Å². The average Bonchev–Trinajstić information content (AvgIpc) is 2.92. The summed E-state index contributed by atoms with van der Waals surface area (Å²) in [6, 6.07) is 14.3. The van der Waals surface area contributed by atoms with Crippen LogP contribution in [0.4, 0.5) is 11.4 Å². The van der Waals surface area contributed by atoms with E-state index in [0.717, 1.165) is 44.2 Å². The van der Waals surface area contributed by atoms with Crippen molar-refractivity contribution < 1.29 is 34.1 Å².